The highest BCUT2D eigenvalue weighted by Gasteiger charge is 2.35. The molecule has 0 aromatic heterocycles. The van der Waals surface area contributed by atoms with Crippen LogP contribution in [-0.4, -0.2) is 49.9 Å². The summed E-state index contributed by atoms with van der Waals surface area (Å²) in [6.45, 7) is 4.25. The number of amides is 1. The van der Waals surface area contributed by atoms with Gasteiger partial charge in [0.25, 0.3) is 5.91 Å². The van der Waals surface area contributed by atoms with Crippen molar-refractivity contribution >= 4 is 15.7 Å². The van der Waals surface area contributed by atoms with Crippen molar-refractivity contribution in [3.05, 3.63) is 29.8 Å². The molecule has 1 aromatic carbocycles. The van der Waals surface area contributed by atoms with Gasteiger partial charge in [0.05, 0.1) is 17.1 Å². The molecule has 1 aliphatic heterocycles. The first kappa shape index (κ1) is 18.3. The minimum absolute atomic E-state index is 0.0141. The van der Waals surface area contributed by atoms with Crippen LogP contribution in [0, 0.1) is 17.2 Å². The Labute approximate surface area is 142 Å². The lowest BCUT2D eigenvalue weighted by atomic mass is 10.1. The fourth-order valence-electron chi connectivity index (χ4n) is 2.78. The zero-order valence-electron chi connectivity index (χ0n) is 13.9. The summed E-state index contributed by atoms with van der Waals surface area (Å²) in [5, 5.41) is 9.05. The predicted molar refractivity (Wildman–Crippen MR) is 90.3 cm³/mol. The SMILES string of the molecule is CC(C)CN(C(=O)COc1ccccc1C#N)[C@@H]1CCS(=O)(=O)C1. The van der Waals surface area contributed by atoms with Crippen LogP contribution in [0.25, 0.3) is 0 Å². The molecule has 0 bridgehead atoms. The van der Waals surface area contributed by atoms with Crippen LogP contribution in [0.2, 0.25) is 0 Å². The Kier molecular flexibility index (Phi) is 5.84. The number of hydrogen-bond donors (Lipinski definition) is 0. The van der Waals surface area contributed by atoms with E-state index >= 15 is 0 Å². The van der Waals surface area contributed by atoms with Gasteiger partial charge in [-0.25, -0.2) is 8.42 Å². The number of carbonyl (C=O) groups is 1. The number of sulfone groups is 1. The number of para-hydroxylation sites is 1. The molecule has 130 valence electrons. The van der Waals surface area contributed by atoms with Gasteiger partial charge in [-0.05, 0) is 24.5 Å². The molecule has 0 spiro atoms. The molecule has 0 aliphatic carbocycles. The summed E-state index contributed by atoms with van der Waals surface area (Å²) in [5.41, 5.74) is 0.365. The fourth-order valence-corrected chi connectivity index (χ4v) is 4.51. The fraction of sp³-hybridized carbons (Fsp3) is 0.529. The predicted octanol–water partition coefficient (Wildman–Crippen LogP) is 1.61. The van der Waals surface area contributed by atoms with Crippen LogP contribution in [-0.2, 0) is 14.6 Å². The van der Waals surface area contributed by atoms with E-state index in [1.54, 1.807) is 29.2 Å². The molecule has 2 rings (SSSR count). The van der Waals surface area contributed by atoms with Crippen LogP contribution in [0.1, 0.15) is 25.8 Å². The van der Waals surface area contributed by atoms with E-state index in [0.717, 1.165) is 0 Å². The molecule has 0 saturated carbocycles. The number of benzene rings is 1. The van der Waals surface area contributed by atoms with Crippen molar-refractivity contribution in [1.29, 1.82) is 5.26 Å². The van der Waals surface area contributed by atoms with Crippen molar-refractivity contribution in [3.8, 4) is 11.8 Å². The minimum atomic E-state index is -3.07. The van der Waals surface area contributed by atoms with Crippen molar-refractivity contribution in [3.63, 3.8) is 0 Å². The van der Waals surface area contributed by atoms with E-state index in [4.69, 9.17) is 10.00 Å². The molecule has 1 amide bonds. The van der Waals surface area contributed by atoms with E-state index in [1.807, 2.05) is 19.9 Å². The summed E-state index contributed by atoms with van der Waals surface area (Å²) in [6.07, 6.45) is 0.468. The number of carbonyl (C=O) groups excluding carboxylic acids is 1. The second kappa shape index (κ2) is 7.67. The average molecular weight is 350 g/mol. The largest absolute Gasteiger partial charge is 0.482 e. The Hall–Kier alpha value is -2.07. The lowest BCUT2D eigenvalue weighted by molar-refractivity contribution is -0.135. The standard InChI is InChI=1S/C17H22N2O4S/c1-13(2)10-19(15-7-8-24(21,22)12-15)17(20)11-23-16-6-4-3-5-14(16)9-18/h3-6,13,15H,7-8,10-12H2,1-2H3/t15-/m1/s1. The summed E-state index contributed by atoms with van der Waals surface area (Å²) >= 11 is 0. The number of hydrogen-bond acceptors (Lipinski definition) is 5. The number of nitriles is 1. The molecular formula is C17H22N2O4S. The minimum Gasteiger partial charge on any atom is -0.482 e. The zero-order chi connectivity index (χ0) is 17.7. The highest BCUT2D eigenvalue weighted by molar-refractivity contribution is 7.91. The van der Waals surface area contributed by atoms with Gasteiger partial charge >= 0.3 is 0 Å². The molecule has 24 heavy (non-hydrogen) atoms. The Morgan fingerprint density at radius 3 is 2.71 bits per heavy atom. The van der Waals surface area contributed by atoms with Crippen molar-refractivity contribution < 1.29 is 17.9 Å². The topological polar surface area (TPSA) is 87.5 Å². The molecule has 6 nitrogen and oxygen atoms in total. The van der Waals surface area contributed by atoms with Crippen molar-refractivity contribution in [2.75, 3.05) is 24.7 Å². The lowest BCUT2D eigenvalue weighted by Crippen LogP contribution is -2.45. The third-order valence-electron chi connectivity index (χ3n) is 3.89. The second-order valence-electron chi connectivity index (χ2n) is 6.39. The molecule has 0 radical (unpaired) electrons. The summed E-state index contributed by atoms with van der Waals surface area (Å²) in [7, 11) is -3.07. The Balaban J connectivity index is 2.07. The van der Waals surface area contributed by atoms with Crippen LogP contribution >= 0.6 is 0 Å². The molecule has 1 fully saturated rings. The second-order valence-corrected chi connectivity index (χ2v) is 8.62. The molecular weight excluding hydrogens is 328 g/mol. The van der Waals surface area contributed by atoms with Crippen LogP contribution in [0.5, 0.6) is 5.75 Å². The van der Waals surface area contributed by atoms with Crippen molar-refractivity contribution in [2.45, 2.75) is 26.3 Å². The van der Waals surface area contributed by atoms with E-state index < -0.39 is 9.84 Å². The molecule has 1 atom stereocenters. The normalized spacial score (nSPS) is 19.0. The van der Waals surface area contributed by atoms with Gasteiger partial charge in [-0.2, -0.15) is 5.26 Å². The van der Waals surface area contributed by atoms with Gasteiger partial charge in [0.15, 0.2) is 16.4 Å². The Morgan fingerprint density at radius 1 is 1.42 bits per heavy atom. The van der Waals surface area contributed by atoms with Crippen LogP contribution in [0.3, 0.4) is 0 Å². The monoisotopic (exact) mass is 350 g/mol. The zero-order valence-corrected chi connectivity index (χ0v) is 14.8. The van der Waals surface area contributed by atoms with E-state index in [1.165, 1.54) is 0 Å². The van der Waals surface area contributed by atoms with Crippen LogP contribution in [0.4, 0.5) is 0 Å². The van der Waals surface area contributed by atoms with Gasteiger partial charge in [0.2, 0.25) is 0 Å². The maximum Gasteiger partial charge on any atom is 0.260 e. The number of ether oxygens (including phenoxy) is 1. The van der Waals surface area contributed by atoms with Gasteiger partial charge in [-0.3, -0.25) is 4.79 Å². The van der Waals surface area contributed by atoms with Gasteiger partial charge in [0.1, 0.15) is 11.8 Å². The quantitative estimate of drug-likeness (QED) is 0.778. The molecule has 1 aliphatic rings. The van der Waals surface area contributed by atoms with Gasteiger partial charge < -0.3 is 9.64 Å². The summed E-state index contributed by atoms with van der Waals surface area (Å²) < 4.78 is 28.9. The molecule has 1 aromatic rings. The van der Waals surface area contributed by atoms with E-state index in [9.17, 15) is 13.2 Å². The van der Waals surface area contributed by atoms with Gasteiger partial charge in [-0.1, -0.05) is 26.0 Å². The average Bonchev–Trinajstić information content (AvgIpc) is 2.90. The third-order valence-corrected chi connectivity index (χ3v) is 5.64. The highest BCUT2D eigenvalue weighted by Crippen LogP contribution is 2.21. The number of nitrogens with zero attached hydrogens (tertiary/aromatic N) is 2. The van der Waals surface area contributed by atoms with Gasteiger partial charge in [-0.15, -0.1) is 0 Å². The molecule has 1 saturated heterocycles. The first-order valence-corrected chi connectivity index (χ1v) is 9.76. The summed E-state index contributed by atoms with van der Waals surface area (Å²) in [5.74, 6) is 0.469. The van der Waals surface area contributed by atoms with Crippen molar-refractivity contribution in [1.82, 2.24) is 4.90 Å². The molecule has 7 heteroatoms. The third kappa shape index (κ3) is 4.71. The summed E-state index contributed by atoms with van der Waals surface area (Å²) in [4.78, 5) is 14.2. The molecule has 0 N–H and O–H groups in total. The van der Waals surface area contributed by atoms with E-state index in [0.29, 0.717) is 24.3 Å². The summed E-state index contributed by atoms with van der Waals surface area (Å²) in [6, 6.07) is 8.44. The first-order chi connectivity index (χ1) is 11.3. The van der Waals surface area contributed by atoms with Crippen LogP contribution < -0.4 is 4.74 Å². The lowest BCUT2D eigenvalue weighted by Gasteiger charge is -2.30. The molecule has 1 heterocycles. The highest BCUT2D eigenvalue weighted by atomic mass is 32.2. The van der Waals surface area contributed by atoms with Crippen molar-refractivity contribution in [2.24, 2.45) is 5.92 Å². The van der Waals surface area contributed by atoms with E-state index in [-0.39, 0.29) is 36.0 Å². The smallest absolute Gasteiger partial charge is 0.260 e. The first-order valence-electron chi connectivity index (χ1n) is 7.94. The maximum atomic E-state index is 12.6. The van der Waals surface area contributed by atoms with E-state index in [2.05, 4.69) is 0 Å². The number of rotatable bonds is 6. The maximum absolute atomic E-state index is 12.6. The van der Waals surface area contributed by atoms with Crippen LogP contribution in [0.15, 0.2) is 24.3 Å². The van der Waals surface area contributed by atoms with Gasteiger partial charge in [0, 0.05) is 12.6 Å². The Bertz CT molecular complexity index is 737. The molecule has 0 unspecified atom stereocenters. The Morgan fingerprint density at radius 2 is 2.12 bits per heavy atom.